The maximum absolute atomic E-state index is 12.6. The van der Waals surface area contributed by atoms with E-state index in [0.717, 1.165) is 0 Å². The summed E-state index contributed by atoms with van der Waals surface area (Å²) in [4.78, 5) is 37.5. The predicted octanol–water partition coefficient (Wildman–Crippen LogP) is 3.61. The minimum atomic E-state index is -0.263. The van der Waals surface area contributed by atoms with Gasteiger partial charge in [0.2, 0.25) is 0 Å². The molecule has 0 bridgehead atoms. The van der Waals surface area contributed by atoms with Gasteiger partial charge in [-0.15, -0.1) is 11.3 Å². The Hall–Kier alpha value is -3.32. The summed E-state index contributed by atoms with van der Waals surface area (Å²) in [5.41, 5.74) is 1.78. The highest BCUT2D eigenvalue weighted by Gasteiger charge is 2.19. The third kappa shape index (κ3) is 2.89. The minimum Gasteiger partial charge on any atom is -0.321 e. The van der Waals surface area contributed by atoms with E-state index in [1.165, 1.54) is 11.3 Å². The van der Waals surface area contributed by atoms with Crippen LogP contribution in [0.4, 0.5) is 5.69 Å². The van der Waals surface area contributed by atoms with Crippen molar-refractivity contribution in [1.29, 1.82) is 0 Å². The number of H-pyrrole nitrogens is 1. The second kappa shape index (κ2) is 6.53. The van der Waals surface area contributed by atoms with Gasteiger partial charge in [0.25, 0.3) is 11.5 Å². The summed E-state index contributed by atoms with van der Waals surface area (Å²) in [5.74, 6) is 0.186. The molecule has 1 amide bonds. The molecule has 4 aromatic rings. The molecule has 6 nitrogen and oxygen atoms in total. The van der Waals surface area contributed by atoms with Crippen LogP contribution in [0, 0.1) is 6.92 Å². The van der Waals surface area contributed by atoms with Crippen LogP contribution in [0.1, 0.15) is 15.2 Å². The molecule has 0 aliphatic rings. The maximum Gasteiger partial charge on any atom is 0.266 e. The van der Waals surface area contributed by atoms with Gasteiger partial charge in [0.1, 0.15) is 10.7 Å². The summed E-state index contributed by atoms with van der Waals surface area (Å²) in [6.45, 7) is 1.76. The molecule has 0 saturated carbocycles. The number of amides is 1. The topological polar surface area (TPSA) is 87.7 Å². The Morgan fingerprint density at radius 2 is 1.96 bits per heavy atom. The highest BCUT2D eigenvalue weighted by Crippen LogP contribution is 2.29. The van der Waals surface area contributed by atoms with Gasteiger partial charge in [-0.3, -0.25) is 14.6 Å². The molecule has 0 unspecified atom stereocenters. The SMILES string of the molecule is Cc1c(C(=O)Nc2ccccc2)sc2nc(-c3cccnc3)[nH]c(=O)c12. The highest BCUT2D eigenvalue weighted by molar-refractivity contribution is 7.20. The lowest BCUT2D eigenvalue weighted by atomic mass is 10.2. The van der Waals surface area contributed by atoms with Crippen molar-refractivity contribution in [2.24, 2.45) is 0 Å². The normalized spacial score (nSPS) is 10.8. The molecule has 0 aliphatic heterocycles. The smallest absolute Gasteiger partial charge is 0.266 e. The number of nitrogens with zero attached hydrogens (tertiary/aromatic N) is 2. The number of pyridine rings is 1. The molecule has 0 atom stereocenters. The maximum atomic E-state index is 12.6. The third-order valence-corrected chi connectivity index (χ3v) is 5.16. The Bertz CT molecular complexity index is 1150. The van der Waals surface area contributed by atoms with Crippen LogP contribution in [0.15, 0.2) is 59.7 Å². The van der Waals surface area contributed by atoms with Crippen molar-refractivity contribution in [2.75, 3.05) is 5.32 Å². The van der Waals surface area contributed by atoms with Crippen LogP contribution < -0.4 is 10.9 Å². The molecular weight excluding hydrogens is 348 g/mol. The van der Waals surface area contributed by atoms with E-state index in [4.69, 9.17) is 0 Å². The van der Waals surface area contributed by atoms with Crippen molar-refractivity contribution in [2.45, 2.75) is 6.92 Å². The Kier molecular flexibility index (Phi) is 4.06. The second-order valence-corrected chi connectivity index (χ2v) is 6.71. The van der Waals surface area contributed by atoms with E-state index in [1.54, 1.807) is 25.4 Å². The first-order valence-electron chi connectivity index (χ1n) is 7.93. The van der Waals surface area contributed by atoms with Gasteiger partial charge in [-0.2, -0.15) is 0 Å². The number of anilines is 1. The number of carbonyl (C=O) groups is 1. The van der Waals surface area contributed by atoms with Crippen LogP contribution in [0.3, 0.4) is 0 Å². The number of aromatic amines is 1. The standard InChI is InChI=1S/C19H14N4O2S/c1-11-14-17(24)22-16(12-6-5-9-20-10-12)23-19(14)26-15(11)18(25)21-13-7-3-2-4-8-13/h2-10H,1H3,(H,21,25)(H,22,23,24). The largest absolute Gasteiger partial charge is 0.321 e. The van der Waals surface area contributed by atoms with E-state index in [-0.39, 0.29) is 11.5 Å². The molecule has 0 radical (unpaired) electrons. The first-order valence-corrected chi connectivity index (χ1v) is 8.75. The molecule has 26 heavy (non-hydrogen) atoms. The fourth-order valence-corrected chi connectivity index (χ4v) is 3.79. The molecule has 3 heterocycles. The number of nitrogens with one attached hydrogen (secondary N) is 2. The lowest BCUT2D eigenvalue weighted by Gasteiger charge is -2.03. The number of fused-ring (bicyclic) bond motifs is 1. The van der Waals surface area contributed by atoms with Crippen LogP contribution >= 0.6 is 11.3 Å². The third-order valence-electron chi connectivity index (χ3n) is 3.97. The number of carbonyl (C=O) groups excluding carboxylic acids is 1. The van der Waals surface area contributed by atoms with Gasteiger partial charge in [-0.25, -0.2) is 4.98 Å². The fraction of sp³-hybridized carbons (Fsp3) is 0.0526. The van der Waals surface area contributed by atoms with Crippen molar-refractivity contribution in [1.82, 2.24) is 15.0 Å². The first-order chi connectivity index (χ1) is 12.6. The second-order valence-electron chi connectivity index (χ2n) is 5.71. The van der Waals surface area contributed by atoms with E-state index in [0.29, 0.717) is 37.7 Å². The molecule has 1 aromatic carbocycles. The quantitative estimate of drug-likeness (QED) is 0.583. The van der Waals surface area contributed by atoms with E-state index < -0.39 is 0 Å². The lowest BCUT2D eigenvalue weighted by molar-refractivity contribution is 0.103. The summed E-state index contributed by atoms with van der Waals surface area (Å²) in [7, 11) is 0. The molecule has 0 saturated heterocycles. The van der Waals surface area contributed by atoms with Crippen LogP contribution in [0.25, 0.3) is 21.6 Å². The summed E-state index contributed by atoms with van der Waals surface area (Å²) < 4.78 is 0. The van der Waals surface area contributed by atoms with Gasteiger partial charge in [0.15, 0.2) is 0 Å². The fourth-order valence-electron chi connectivity index (χ4n) is 2.71. The Balaban J connectivity index is 1.78. The average molecular weight is 362 g/mol. The lowest BCUT2D eigenvalue weighted by Crippen LogP contribution is -2.12. The van der Waals surface area contributed by atoms with Crippen molar-refractivity contribution in [3.8, 4) is 11.4 Å². The molecule has 0 aliphatic carbocycles. The van der Waals surface area contributed by atoms with Gasteiger partial charge in [-0.05, 0) is 36.8 Å². The van der Waals surface area contributed by atoms with Gasteiger partial charge in [0.05, 0.1) is 10.3 Å². The summed E-state index contributed by atoms with van der Waals surface area (Å²) >= 11 is 1.21. The number of hydrogen-bond acceptors (Lipinski definition) is 5. The minimum absolute atomic E-state index is 0.251. The number of para-hydroxylation sites is 1. The van der Waals surface area contributed by atoms with E-state index >= 15 is 0 Å². The number of rotatable bonds is 3. The van der Waals surface area contributed by atoms with Crippen LogP contribution in [-0.4, -0.2) is 20.9 Å². The van der Waals surface area contributed by atoms with Gasteiger partial charge in [0, 0.05) is 23.6 Å². The summed E-state index contributed by atoms with van der Waals surface area (Å²) in [6, 6.07) is 12.8. The van der Waals surface area contributed by atoms with Gasteiger partial charge in [-0.1, -0.05) is 18.2 Å². The number of aryl methyl sites for hydroxylation is 1. The molecule has 0 fully saturated rings. The molecular formula is C19H14N4O2S. The molecule has 0 spiro atoms. The molecule has 3 aromatic heterocycles. The number of hydrogen-bond donors (Lipinski definition) is 2. The highest BCUT2D eigenvalue weighted by atomic mass is 32.1. The van der Waals surface area contributed by atoms with Crippen molar-refractivity contribution in [3.63, 3.8) is 0 Å². The molecule has 4 rings (SSSR count). The summed E-state index contributed by atoms with van der Waals surface area (Å²) in [5, 5.41) is 3.29. The Morgan fingerprint density at radius 3 is 2.69 bits per heavy atom. The zero-order chi connectivity index (χ0) is 18.1. The Labute approximate surface area is 152 Å². The number of aromatic nitrogens is 3. The van der Waals surface area contributed by atoms with Crippen molar-refractivity contribution >= 4 is 33.1 Å². The number of thiophene rings is 1. The Morgan fingerprint density at radius 1 is 1.15 bits per heavy atom. The predicted molar refractivity (Wildman–Crippen MR) is 103 cm³/mol. The van der Waals surface area contributed by atoms with Crippen molar-refractivity contribution < 1.29 is 4.79 Å². The van der Waals surface area contributed by atoms with Gasteiger partial charge < -0.3 is 10.3 Å². The molecule has 128 valence electrons. The monoisotopic (exact) mass is 362 g/mol. The molecule has 2 N–H and O–H groups in total. The van der Waals surface area contributed by atoms with E-state index in [2.05, 4.69) is 20.3 Å². The van der Waals surface area contributed by atoms with Crippen LogP contribution in [0.5, 0.6) is 0 Å². The average Bonchev–Trinajstić information content (AvgIpc) is 3.00. The first kappa shape index (κ1) is 16.2. The van der Waals surface area contributed by atoms with E-state index in [9.17, 15) is 9.59 Å². The summed E-state index contributed by atoms with van der Waals surface area (Å²) in [6.07, 6.45) is 3.29. The number of benzene rings is 1. The van der Waals surface area contributed by atoms with E-state index in [1.807, 2.05) is 36.4 Å². The van der Waals surface area contributed by atoms with Crippen LogP contribution in [-0.2, 0) is 0 Å². The van der Waals surface area contributed by atoms with Crippen molar-refractivity contribution in [3.05, 3.63) is 75.7 Å². The molecule has 7 heteroatoms. The zero-order valence-corrected chi connectivity index (χ0v) is 14.6. The van der Waals surface area contributed by atoms with Gasteiger partial charge >= 0.3 is 0 Å². The zero-order valence-electron chi connectivity index (χ0n) is 13.8. The van der Waals surface area contributed by atoms with Crippen LogP contribution in [0.2, 0.25) is 0 Å².